The molecule has 2 nitrogen and oxygen atoms in total. The summed E-state index contributed by atoms with van der Waals surface area (Å²) < 4.78 is 36.9. The van der Waals surface area contributed by atoms with E-state index in [2.05, 4.69) is 11.6 Å². The number of nitrogens with one attached hydrogen (secondary N) is 1. The van der Waals surface area contributed by atoms with Crippen LogP contribution in [0.1, 0.15) is 32.1 Å². The number of likely N-dealkylation sites (tertiary alicyclic amines) is 1. The van der Waals surface area contributed by atoms with Gasteiger partial charge < -0.3 is 5.32 Å². The van der Waals surface area contributed by atoms with Crippen LogP contribution in [-0.4, -0.2) is 54.3 Å². The maximum absolute atomic E-state index is 12.3. The molecule has 1 heterocycles. The molecule has 0 bridgehead atoms. The molecule has 0 spiro atoms. The first-order chi connectivity index (χ1) is 8.98. The molecule has 2 atom stereocenters. The zero-order valence-corrected chi connectivity index (χ0v) is 12.2. The van der Waals surface area contributed by atoms with Crippen LogP contribution in [0.3, 0.4) is 0 Å². The van der Waals surface area contributed by atoms with E-state index in [1.54, 1.807) is 0 Å². The fraction of sp³-hybridized carbons (Fsp3) is 1.00. The Morgan fingerprint density at radius 2 is 1.84 bits per heavy atom. The minimum Gasteiger partial charge on any atom is -0.310 e. The van der Waals surface area contributed by atoms with Gasteiger partial charge in [0, 0.05) is 17.3 Å². The highest BCUT2D eigenvalue weighted by molar-refractivity contribution is 7.99. The third-order valence-corrected chi connectivity index (χ3v) is 5.37. The SMILES string of the molecule is CSC1CCCC1NC1CCN(CC(F)(F)F)CC1. The van der Waals surface area contributed by atoms with E-state index < -0.39 is 12.7 Å². The Morgan fingerprint density at radius 3 is 2.42 bits per heavy atom. The molecule has 2 fully saturated rings. The Kier molecular flexibility index (Phi) is 5.43. The molecule has 2 unspecified atom stereocenters. The molecule has 2 aliphatic rings. The first-order valence-electron chi connectivity index (χ1n) is 7.06. The van der Waals surface area contributed by atoms with Crippen molar-refractivity contribution in [2.75, 3.05) is 25.9 Å². The molecule has 0 aromatic heterocycles. The van der Waals surface area contributed by atoms with Gasteiger partial charge in [0.1, 0.15) is 0 Å². The highest BCUT2D eigenvalue weighted by Gasteiger charge is 2.34. The lowest BCUT2D eigenvalue weighted by atomic mass is 10.0. The number of rotatable bonds is 4. The maximum atomic E-state index is 12.3. The topological polar surface area (TPSA) is 15.3 Å². The van der Waals surface area contributed by atoms with Crippen molar-refractivity contribution in [3.05, 3.63) is 0 Å². The quantitative estimate of drug-likeness (QED) is 0.859. The molecular weight excluding hydrogens is 273 g/mol. The van der Waals surface area contributed by atoms with Gasteiger partial charge in [-0.3, -0.25) is 4.90 Å². The van der Waals surface area contributed by atoms with Gasteiger partial charge >= 0.3 is 6.18 Å². The van der Waals surface area contributed by atoms with Gasteiger partial charge in [-0.15, -0.1) is 0 Å². The van der Waals surface area contributed by atoms with E-state index in [9.17, 15) is 13.2 Å². The number of piperidine rings is 1. The second-order valence-electron chi connectivity index (χ2n) is 5.64. The van der Waals surface area contributed by atoms with Crippen molar-refractivity contribution < 1.29 is 13.2 Å². The zero-order valence-electron chi connectivity index (χ0n) is 11.4. The van der Waals surface area contributed by atoms with Crippen LogP contribution >= 0.6 is 11.8 Å². The second kappa shape index (κ2) is 6.68. The lowest BCUT2D eigenvalue weighted by Crippen LogP contribution is -2.49. The number of alkyl halides is 3. The van der Waals surface area contributed by atoms with Gasteiger partial charge in [0.15, 0.2) is 0 Å². The normalized spacial score (nSPS) is 30.9. The van der Waals surface area contributed by atoms with E-state index in [1.807, 2.05) is 11.8 Å². The lowest BCUT2D eigenvalue weighted by Gasteiger charge is -2.35. The molecule has 0 amide bonds. The Morgan fingerprint density at radius 1 is 1.16 bits per heavy atom. The summed E-state index contributed by atoms with van der Waals surface area (Å²) in [5, 5.41) is 4.36. The van der Waals surface area contributed by atoms with Crippen LogP contribution in [0.15, 0.2) is 0 Å². The van der Waals surface area contributed by atoms with E-state index in [-0.39, 0.29) is 0 Å². The average Bonchev–Trinajstić information content (AvgIpc) is 2.77. The highest BCUT2D eigenvalue weighted by atomic mass is 32.2. The minimum atomic E-state index is -4.06. The summed E-state index contributed by atoms with van der Waals surface area (Å²) >= 11 is 1.92. The zero-order chi connectivity index (χ0) is 13.9. The first-order valence-corrected chi connectivity index (χ1v) is 8.34. The van der Waals surface area contributed by atoms with Crippen molar-refractivity contribution in [3.63, 3.8) is 0 Å². The Balaban J connectivity index is 1.71. The summed E-state index contributed by atoms with van der Waals surface area (Å²) in [6.07, 6.45) is 3.53. The van der Waals surface area contributed by atoms with Gasteiger partial charge in [0.25, 0.3) is 0 Å². The van der Waals surface area contributed by atoms with Gasteiger partial charge in [-0.2, -0.15) is 24.9 Å². The van der Waals surface area contributed by atoms with Crippen LogP contribution in [0, 0.1) is 0 Å². The molecule has 19 heavy (non-hydrogen) atoms. The third-order valence-electron chi connectivity index (χ3n) is 4.20. The number of hydrogen-bond donors (Lipinski definition) is 1. The van der Waals surface area contributed by atoms with E-state index in [0.29, 0.717) is 30.4 Å². The summed E-state index contributed by atoms with van der Waals surface area (Å²) in [4.78, 5) is 1.53. The van der Waals surface area contributed by atoms with Crippen molar-refractivity contribution >= 4 is 11.8 Å². The molecule has 1 N–H and O–H groups in total. The molecule has 1 aliphatic heterocycles. The van der Waals surface area contributed by atoms with Gasteiger partial charge in [-0.05, 0) is 45.0 Å². The molecule has 0 radical (unpaired) electrons. The summed E-state index contributed by atoms with van der Waals surface area (Å²) in [5.41, 5.74) is 0. The third kappa shape index (κ3) is 4.83. The molecule has 1 saturated heterocycles. The molecular formula is C13H23F3N2S. The van der Waals surface area contributed by atoms with Crippen molar-refractivity contribution in [2.24, 2.45) is 0 Å². The van der Waals surface area contributed by atoms with E-state index in [0.717, 1.165) is 12.8 Å². The number of halogens is 3. The van der Waals surface area contributed by atoms with Gasteiger partial charge in [0.05, 0.1) is 6.54 Å². The highest BCUT2D eigenvalue weighted by Crippen LogP contribution is 2.29. The number of hydrogen-bond acceptors (Lipinski definition) is 3. The molecule has 112 valence electrons. The van der Waals surface area contributed by atoms with Crippen molar-refractivity contribution in [2.45, 2.75) is 55.6 Å². The summed E-state index contributed by atoms with van der Waals surface area (Å²) in [6, 6.07) is 0.969. The average molecular weight is 296 g/mol. The maximum Gasteiger partial charge on any atom is 0.401 e. The second-order valence-corrected chi connectivity index (χ2v) is 6.72. The molecule has 1 aliphatic carbocycles. The van der Waals surface area contributed by atoms with Crippen LogP contribution in [0.5, 0.6) is 0 Å². The largest absolute Gasteiger partial charge is 0.401 e. The van der Waals surface area contributed by atoms with E-state index in [4.69, 9.17) is 0 Å². The standard InChI is InChI=1S/C13H23F3N2S/c1-19-12-4-2-3-11(12)17-10-5-7-18(8-6-10)9-13(14,15)16/h10-12,17H,2-9H2,1H3. The number of thioether (sulfide) groups is 1. The minimum absolute atomic E-state index is 0.405. The molecule has 6 heteroatoms. The summed E-state index contributed by atoms with van der Waals surface area (Å²) in [6.45, 7) is 0.373. The van der Waals surface area contributed by atoms with Crippen molar-refractivity contribution in [3.8, 4) is 0 Å². The van der Waals surface area contributed by atoms with Crippen LogP contribution in [0.25, 0.3) is 0 Å². The van der Waals surface area contributed by atoms with Crippen LogP contribution in [-0.2, 0) is 0 Å². The first kappa shape index (κ1) is 15.4. The molecule has 0 aromatic carbocycles. The Hall–Kier alpha value is 0.0600. The van der Waals surface area contributed by atoms with Crippen LogP contribution in [0.2, 0.25) is 0 Å². The predicted octanol–water partition coefficient (Wildman–Crippen LogP) is 2.89. The van der Waals surface area contributed by atoms with E-state index >= 15 is 0 Å². The van der Waals surface area contributed by atoms with Crippen LogP contribution < -0.4 is 5.32 Å². The molecule has 2 rings (SSSR count). The summed E-state index contributed by atoms with van der Waals surface area (Å²) in [5.74, 6) is 0. The Bertz CT molecular complexity index is 278. The molecule has 1 saturated carbocycles. The van der Waals surface area contributed by atoms with E-state index in [1.165, 1.54) is 24.2 Å². The van der Waals surface area contributed by atoms with Crippen molar-refractivity contribution in [1.29, 1.82) is 0 Å². The summed E-state index contributed by atoms with van der Waals surface area (Å²) in [7, 11) is 0. The Labute approximate surface area is 117 Å². The monoisotopic (exact) mass is 296 g/mol. The lowest BCUT2D eigenvalue weighted by molar-refractivity contribution is -0.148. The van der Waals surface area contributed by atoms with Crippen molar-refractivity contribution in [1.82, 2.24) is 10.2 Å². The van der Waals surface area contributed by atoms with Gasteiger partial charge in [-0.25, -0.2) is 0 Å². The van der Waals surface area contributed by atoms with Crippen LogP contribution in [0.4, 0.5) is 13.2 Å². The fourth-order valence-electron chi connectivity index (χ4n) is 3.21. The smallest absolute Gasteiger partial charge is 0.310 e. The van der Waals surface area contributed by atoms with Gasteiger partial charge in [0.2, 0.25) is 0 Å². The number of nitrogens with zero attached hydrogens (tertiary/aromatic N) is 1. The molecule has 0 aromatic rings. The predicted molar refractivity (Wildman–Crippen MR) is 73.6 cm³/mol. The van der Waals surface area contributed by atoms with Gasteiger partial charge in [-0.1, -0.05) is 6.42 Å². The fourth-order valence-corrected chi connectivity index (χ4v) is 4.16.